The van der Waals surface area contributed by atoms with Crippen molar-refractivity contribution in [3.63, 3.8) is 0 Å². The molecule has 2 rings (SSSR count). The lowest BCUT2D eigenvalue weighted by atomic mass is 10.1. The van der Waals surface area contributed by atoms with Gasteiger partial charge in [-0.05, 0) is 31.0 Å². The highest BCUT2D eigenvalue weighted by atomic mass is 35.5. The Morgan fingerprint density at radius 3 is 2.60 bits per heavy atom. The summed E-state index contributed by atoms with van der Waals surface area (Å²) in [4.78, 5) is 29.1. The van der Waals surface area contributed by atoms with Crippen molar-refractivity contribution in [2.45, 2.75) is 26.8 Å². The molecule has 0 spiro atoms. The molecule has 0 bridgehead atoms. The van der Waals surface area contributed by atoms with E-state index in [-0.39, 0.29) is 28.7 Å². The van der Waals surface area contributed by atoms with Crippen molar-refractivity contribution in [3.8, 4) is 0 Å². The molecule has 0 atom stereocenters. The summed E-state index contributed by atoms with van der Waals surface area (Å²) in [6.45, 7) is 3.56. The van der Waals surface area contributed by atoms with E-state index < -0.39 is 11.8 Å². The van der Waals surface area contributed by atoms with Gasteiger partial charge in [0, 0.05) is 23.3 Å². The molecule has 0 saturated carbocycles. The Kier molecular flexibility index (Phi) is 5.85. The van der Waals surface area contributed by atoms with Crippen molar-refractivity contribution in [1.82, 2.24) is 9.88 Å². The van der Waals surface area contributed by atoms with Crippen LogP contribution in [0.15, 0.2) is 18.2 Å². The molecule has 0 saturated heterocycles. The third-order valence-electron chi connectivity index (χ3n) is 4.09. The van der Waals surface area contributed by atoms with Crippen LogP contribution in [0.3, 0.4) is 0 Å². The first-order valence-electron chi connectivity index (χ1n) is 7.79. The average Bonchev–Trinajstić information content (AvgIpc) is 2.93. The molecule has 1 aromatic carbocycles. The third-order valence-corrected chi connectivity index (χ3v) is 4.44. The van der Waals surface area contributed by atoms with Crippen LogP contribution >= 0.6 is 11.6 Å². The fraction of sp³-hybridized carbons (Fsp3) is 0.333. The molecule has 7 heteroatoms. The minimum Gasteiger partial charge on any atom is -0.465 e. The smallest absolute Gasteiger partial charge is 0.339 e. The maximum atomic E-state index is 13.9. The maximum Gasteiger partial charge on any atom is 0.339 e. The molecule has 1 amide bonds. The number of hydrogen-bond donors (Lipinski definition) is 1. The van der Waals surface area contributed by atoms with Crippen molar-refractivity contribution in [3.05, 3.63) is 57.1 Å². The van der Waals surface area contributed by atoms with Crippen LogP contribution in [-0.4, -0.2) is 35.9 Å². The van der Waals surface area contributed by atoms with Crippen LogP contribution in [0.2, 0.25) is 5.02 Å². The first-order chi connectivity index (χ1) is 11.8. The van der Waals surface area contributed by atoms with Crippen LogP contribution in [-0.2, 0) is 17.7 Å². The summed E-state index contributed by atoms with van der Waals surface area (Å²) >= 11 is 6.02. The molecule has 0 aliphatic carbocycles. The second kappa shape index (κ2) is 7.70. The van der Waals surface area contributed by atoms with Gasteiger partial charge in [0.25, 0.3) is 5.91 Å². The number of rotatable bonds is 5. The van der Waals surface area contributed by atoms with E-state index in [9.17, 15) is 14.0 Å². The first kappa shape index (κ1) is 19.0. The number of aryl methyl sites for hydroxylation is 1. The van der Waals surface area contributed by atoms with E-state index in [1.165, 1.54) is 24.1 Å². The minimum atomic E-state index is -0.496. The first-order valence-corrected chi connectivity index (χ1v) is 8.17. The Bertz CT molecular complexity index is 797. The number of H-pyrrole nitrogens is 1. The molecule has 1 N–H and O–H groups in total. The highest BCUT2D eigenvalue weighted by molar-refractivity contribution is 6.31. The van der Waals surface area contributed by atoms with E-state index in [4.69, 9.17) is 16.3 Å². The average molecular weight is 367 g/mol. The molecule has 134 valence electrons. The second-order valence-electron chi connectivity index (χ2n) is 5.69. The lowest BCUT2D eigenvalue weighted by molar-refractivity contribution is 0.0599. The Labute approximate surface area is 150 Å². The van der Waals surface area contributed by atoms with Gasteiger partial charge in [-0.15, -0.1) is 0 Å². The number of ether oxygens (including phenoxy) is 1. The number of hydrogen-bond acceptors (Lipinski definition) is 3. The van der Waals surface area contributed by atoms with E-state index >= 15 is 0 Å². The number of methoxy groups -OCH3 is 1. The summed E-state index contributed by atoms with van der Waals surface area (Å²) in [6, 6.07) is 4.38. The lowest BCUT2D eigenvalue weighted by Gasteiger charge is -2.18. The van der Waals surface area contributed by atoms with E-state index in [0.29, 0.717) is 23.2 Å². The third kappa shape index (κ3) is 3.69. The van der Waals surface area contributed by atoms with Gasteiger partial charge >= 0.3 is 5.97 Å². The van der Waals surface area contributed by atoms with Gasteiger partial charge in [-0.25, -0.2) is 9.18 Å². The molecule has 5 nitrogen and oxygen atoms in total. The summed E-state index contributed by atoms with van der Waals surface area (Å²) < 4.78 is 18.7. The summed E-state index contributed by atoms with van der Waals surface area (Å²) in [6.07, 6.45) is 0.543. The van der Waals surface area contributed by atoms with Crippen LogP contribution < -0.4 is 0 Å². The number of nitrogens with one attached hydrogen (secondary N) is 1. The van der Waals surface area contributed by atoms with Crippen LogP contribution in [0, 0.1) is 12.7 Å². The fourth-order valence-electron chi connectivity index (χ4n) is 2.70. The van der Waals surface area contributed by atoms with Crippen LogP contribution in [0.1, 0.15) is 44.6 Å². The molecule has 0 unspecified atom stereocenters. The second-order valence-corrected chi connectivity index (χ2v) is 6.09. The number of aromatic amines is 1. The van der Waals surface area contributed by atoms with E-state index in [1.807, 2.05) is 6.92 Å². The van der Waals surface area contributed by atoms with Gasteiger partial charge in [0.1, 0.15) is 11.5 Å². The predicted molar refractivity (Wildman–Crippen MR) is 93.5 cm³/mol. The van der Waals surface area contributed by atoms with Gasteiger partial charge in [-0.3, -0.25) is 4.79 Å². The van der Waals surface area contributed by atoms with E-state index in [2.05, 4.69) is 4.98 Å². The predicted octanol–water partition coefficient (Wildman–Crippen LogP) is 3.74. The van der Waals surface area contributed by atoms with E-state index in [1.54, 1.807) is 20.0 Å². The zero-order valence-corrected chi connectivity index (χ0v) is 15.3. The van der Waals surface area contributed by atoms with Crippen LogP contribution in [0.4, 0.5) is 4.39 Å². The molecule has 0 aliphatic heterocycles. The monoisotopic (exact) mass is 366 g/mol. The highest BCUT2D eigenvalue weighted by Crippen LogP contribution is 2.24. The standard InChI is InChI=1S/C18H20ClFN2O3/c1-5-14-15(18(24)25-4)10(2)16(21-14)17(23)22(3)9-11-12(19)7-6-8-13(11)20/h6-8,21H,5,9H2,1-4H3. The number of aromatic nitrogens is 1. The normalized spacial score (nSPS) is 10.6. The molecule has 0 radical (unpaired) electrons. The van der Waals surface area contributed by atoms with Crippen molar-refractivity contribution >= 4 is 23.5 Å². The summed E-state index contributed by atoms with van der Waals surface area (Å²) in [5.41, 5.74) is 2.04. The van der Waals surface area contributed by atoms with Crippen molar-refractivity contribution < 1.29 is 18.7 Å². The van der Waals surface area contributed by atoms with Gasteiger partial charge in [-0.2, -0.15) is 0 Å². The SMILES string of the molecule is CCc1[nH]c(C(=O)N(C)Cc2c(F)cccc2Cl)c(C)c1C(=O)OC. The number of amides is 1. The highest BCUT2D eigenvalue weighted by Gasteiger charge is 2.26. The number of esters is 1. The zero-order chi connectivity index (χ0) is 18.7. The quantitative estimate of drug-likeness (QED) is 0.820. The van der Waals surface area contributed by atoms with Crippen LogP contribution in [0.25, 0.3) is 0 Å². The van der Waals surface area contributed by atoms with Crippen molar-refractivity contribution in [2.24, 2.45) is 0 Å². The van der Waals surface area contributed by atoms with Crippen LogP contribution in [0.5, 0.6) is 0 Å². The number of benzene rings is 1. The van der Waals surface area contributed by atoms with Gasteiger partial charge in [0.15, 0.2) is 0 Å². The Morgan fingerprint density at radius 1 is 1.36 bits per heavy atom. The number of carbonyl (C=O) groups is 2. The Hall–Kier alpha value is -2.34. The fourth-order valence-corrected chi connectivity index (χ4v) is 2.92. The molecule has 1 heterocycles. The van der Waals surface area contributed by atoms with Gasteiger partial charge < -0.3 is 14.6 Å². The van der Waals surface area contributed by atoms with Gasteiger partial charge in [0.05, 0.1) is 19.2 Å². The molecule has 1 aromatic heterocycles. The molecule has 0 fully saturated rings. The van der Waals surface area contributed by atoms with Crippen molar-refractivity contribution in [2.75, 3.05) is 14.2 Å². The number of nitrogens with zero attached hydrogens (tertiary/aromatic N) is 1. The molecular formula is C18H20ClFN2O3. The maximum absolute atomic E-state index is 13.9. The molecule has 2 aromatic rings. The van der Waals surface area contributed by atoms with Gasteiger partial charge in [-0.1, -0.05) is 24.6 Å². The Balaban J connectivity index is 2.34. The number of halogens is 2. The summed E-state index contributed by atoms with van der Waals surface area (Å²) in [7, 11) is 2.84. The topological polar surface area (TPSA) is 62.4 Å². The minimum absolute atomic E-state index is 0.0117. The Morgan fingerprint density at radius 2 is 2.04 bits per heavy atom. The molecule has 0 aliphatic rings. The lowest BCUT2D eigenvalue weighted by Crippen LogP contribution is -2.27. The van der Waals surface area contributed by atoms with Gasteiger partial charge in [0.2, 0.25) is 0 Å². The largest absolute Gasteiger partial charge is 0.465 e. The summed E-state index contributed by atoms with van der Waals surface area (Å²) in [5.74, 6) is -1.33. The van der Waals surface area contributed by atoms with Crippen molar-refractivity contribution in [1.29, 1.82) is 0 Å². The number of carbonyl (C=O) groups excluding carboxylic acids is 2. The molecular weight excluding hydrogens is 347 g/mol. The zero-order valence-electron chi connectivity index (χ0n) is 14.6. The summed E-state index contributed by atoms with van der Waals surface area (Å²) in [5, 5.41) is 0.257. The van der Waals surface area contributed by atoms with E-state index in [0.717, 1.165) is 0 Å². The molecule has 25 heavy (non-hydrogen) atoms.